The van der Waals surface area contributed by atoms with Gasteiger partial charge in [0.25, 0.3) is 0 Å². The van der Waals surface area contributed by atoms with Crippen molar-refractivity contribution in [2.75, 3.05) is 6.54 Å². The van der Waals surface area contributed by atoms with Crippen molar-refractivity contribution in [3.05, 3.63) is 59.1 Å². The van der Waals surface area contributed by atoms with Gasteiger partial charge < -0.3 is 0 Å². The van der Waals surface area contributed by atoms with Crippen molar-refractivity contribution in [2.24, 2.45) is 4.99 Å². The van der Waals surface area contributed by atoms with Crippen molar-refractivity contribution < 1.29 is 0 Å². The minimum atomic E-state index is 0.759. The summed E-state index contributed by atoms with van der Waals surface area (Å²) in [7, 11) is 0. The molecule has 0 aromatic heterocycles. The monoisotopic (exact) mass is 183 g/mol. The zero-order valence-corrected chi connectivity index (χ0v) is 8.06. The molecule has 70 valence electrons. The molecule has 1 nitrogen and oxygen atoms in total. The maximum absolute atomic E-state index is 4.50. The Hall–Kier alpha value is -1.63. The third kappa shape index (κ3) is 2.19. The summed E-state index contributed by atoms with van der Waals surface area (Å²) in [6.45, 7) is 0.759. The second-order valence-corrected chi connectivity index (χ2v) is 3.20. The van der Waals surface area contributed by atoms with Crippen LogP contribution in [0.4, 0.5) is 0 Å². The standard InChI is InChI=1S/C13H13N/c1-2-4-8-12-9-5-6-10-13(12)14-11-7-3-1/h1-3,5-10H,4,11H2/b2-1-,7-3-,12-8-,14-13?. The van der Waals surface area contributed by atoms with Crippen molar-refractivity contribution in [3.8, 4) is 0 Å². The van der Waals surface area contributed by atoms with Gasteiger partial charge in [-0.05, 0) is 17.7 Å². The fraction of sp³-hybridized carbons (Fsp3) is 0.154. The van der Waals surface area contributed by atoms with Gasteiger partial charge in [-0.2, -0.15) is 0 Å². The van der Waals surface area contributed by atoms with Crippen molar-refractivity contribution in [1.29, 1.82) is 0 Å². The van der Waals surface area contributed by atoms with E-state index in [1.54, 1.807) is 0 Å². The molecule has 0 aliphatic carbocycles. The van der Waals surface area contributed by atoms with E-state index < -0.39 is 0 Å². The zero-order chi connectivity index (χ0) is 9.64. The summed E-state index contributed by atoms with van der Waals surface area (Å²) in [6.07, 6.45) is 11.5. The molecule has 0 radical (unpaired) electrons. The molecule has 0 N–H and O–H groups in total. The lowest BCUT2D eigenvalue weighted by Gasteiger charge is -1.91. The van der Waals surface area contributed by atoms with Crippen molar-refractivity contribution in [3.63, 3.8) is 0 Å². The van der Waals surface area contributed by atoms with Crippen molar-refractivity contribution >= 4 is 6.08 Å². The van der Waals surface area contributed by atoms with Gasteiger partial charge in [0.05, 0.1) is 11.9 Å². The van der Waals surface area contributed by atoms with Crippen LogP contribution in [0.2, 0.25) is 0 Å². The molecule has 0 amide bonds. The molecule has 1 heterocycles. The van der Waals surface area contributed by atoms with Crippen LogP contribution in [0.3, 0.4) is 0 Å². The summed E-state index contributed by atoms with van der Waals surface area (Å²) >= 11 is 0. The van der Waals surface area contributed by atoms with Gasteiger partial charge in [-0.15, -0.1) is 0 Å². The van der Waals surface area contributed by atoms with Crippen LogP contribution in [0, 0.1) is 0 Å². The van der Waals surface area contributed by atoms with Gasteiger partial charge >= 0.3 is 0 Å². The Bertz CT molecular complexity index is 421. The summed E-state index contributed by atoms with van der Waals surface area (Å²) in [4.78, 5) is 4.50. The van der Waals surface area contributed by atoms with Crippen LogP contribution >= 0.6 is 0 Å². The van der Waals surface area contributed by atoms with Crippen LogP contribution in [0.15, 0.2) is 53.6 Å². The third-order valence-electron chi connectivity index (χ3n) is 2.16. The zero-order valence-electron chi connectivity index (χ0n) is 8.06. The second-order valence-electron chi connectivity index (χ2n) is 3.20. The average Bonchev–Trinajstić information content (AvgIpc) is 2.25. The highest BCUT2D eigenvalue weighted by Crippen LogP contribution is 1.87. The van der Waals surface area contributed by atoms with E-state index in [1.165, 1.54) is 5.22 Å². The van der Waals surface area contributed by atoms with Gasteiger partial charge in [-0.25, -0.2) is 0 Å². The fourth-order valence-electron chi connectivity index (χ4n) is 1.45. The molecular formula is C13H13N. The van der Waals surface area contributed by atoms with E-state index in [4.69, 9.17) is 0 Å². The van der Waals surface area contributed by atoms with Crippen molar-refractivity contribution in [2.45, 2.75) is 6.42 Å². The summed E-state index contributed by atoms with van der Waals surface area (Å²) in [5, 5.41) is 2.32. The van der Waals surface area contributed by atoms with Gasteiger partial charge in [0.15, 0.2) is 0 Å². The maximum Gasteiger partial charge on any atom is 0.0647 e. The highest BCUT2D eigenvalue weighted by molar-refractivity contribution is 5.27. The number of nitrogens with zero attached hydrogens (tertiary/aromatic N) is 1. The highest BCUT2D eigenvalue weighted by Gasteiger charge is 1.85. The van der Waals surface area contributed by atoms with Gasteiger partial charge in [-0.3, -0.25) is 4.99 Å². The molecule has 2 rings (SSSR count). The van der Waals surface area contributed by atoms with E-state index in [-0.39, 0.29) is 0 Å². The van der Waals surface area contributed by atoms with Crippen LogP contribution in [-0.2, 0) is 0 Å². The Morgan fingerprint density at radius 2 is 1.86 bits per heavy atom. The molecule has 1 aromatic rings. The number of para-hydroxylation sites is 1. The van der Waals surface area contributed by atoms with Gasteiger partial charge in [-0.1, -0.05) is 48.6 Å². The first-order chi connectivity index (χ1) is 6.97. The largest absolute Gasteiger partial charge is 0.281 e. The first kappa shape index (κ1) is 8.95. The Labute approximate surface area is 83.8 Å². The topological polar surface area (TPSA) is 12.4 Å². The number of benzene rings is 1. The molecule has 0 spiro atoms. The first-order valence-electron chi connectivity index (χ1n) is 4.88. The van der Waals surface area contributed by atoms with Gasteiger partial charge in [0.1, 0.15) is 0 Å². The fourth-order valence-corrected chi connectivity index (χ4v) is 1.45. The Morgan fingerprint density at radius 3 is 2.86 bits per heavy atom. The molecule has 0 saturated carbocycles. The van der Waals surface area contributed by atoms with Gasteiger partial charge in [0.2, 0.25) is 0 Å². The van der Waals surface area contributed by atoms with E-state index in [0.717, 1.165) is 18.3 Å². The molecule has 0 atom stereocenters. The molecule has 14 heavy (non-hydrogen) atoms. The molecule has 0 unspecified atom stereocenters. The molecule has 0 fully saturated rings. The van der Waals surface area contributed by atoms with E-state index in [2.05, 4.69) is 47.5 Å². The predicted octanol–water partition coefficient (Wildman–Crippen LogP) is 1.60. The Balaban J connectivity index is 2.54. The van der Waals surface area contributed by atoms with Crippen LogP contribution < -0.4 is 10.6 Å². The third-order valence-corrected chi connectivity index (χ3v) is 2.16. The van der Waals surface area contributed by atoms with Crippen LogP contribution in [0.5, 0.6) is 0 Å². The number of allylic oxidation sites excluding steroid dienone is 3. The van der Waals surface area contributed by atoms with Crippen LogP contribution in [-0.4, -0.2) is 6.54 Å². The molecular weight excluding hydrogens is 170 g/mol. The number of hydrogen-bond donors (Lipinski definition) is 0. The lowest BCUT2D eigenvalue weighted by molar-refractivity contribution is 1.13. The maximum atomic E-state index is 4.50. The summed E-state index contributed by atoms with van der Waals surface area (Å²) in [5.41, 5.74) is 0. The average molecular weight is 183 g/mol. The van der Waals surface area contributed by atoms with E-state index in [0.29, 0.717) is 0 Å². The highest BCUT2D eigenvalue weighted by atomic mass is 14.7. The Morgan fingerprint density at radius 1 is 1.00 bits per heavy atom. The molecule has 0 saturated heterocycles. The minimum Gasteiger partial charge on any atom is -0.281 e. The lowest BCUT2D eigenvalue weighted by atomic mass is 10.2. The minimum absolute atomic E-state index is 0.759. The van der Waals surface area contributed by atoms with Crippen LogP contribution in [0.1, 0.15) is 6.42 Å². The van der Waals surface area contributed by atoms with Gasteiger partial charge in [0, 0.05) is 0 Å². The summed E-state index contributed by atoms with van der Waals surface area (Å²) in [6, 6.07) is 8.25. The summed E-state index contributed by atoms with van der Waals surface area (Å²) in [5.74, 6) is 0. The number of rotatable bonds is 0. The van der Waals surface area contributed by atoms with E-state index in [1.807, 2.05) is 12.1 Å². The SMILES string of the molecule is C1=C\C/C=c2/ccccc2=NC\C=C/1. The number of hydrogen-bond acceptors (Lipinski definition) is 1. The summed E-state index contributed by atoms with van der Waals surface area (Å²) < 4.78 is 0. The molecule has 1 aliphatic rings. The van der Waals surface area contributed by atoms with E-state index in [9.17, 15) is 0 Å². The lowest BCUT2D eigenvalue weighted by Crippen LogP contribution is -2.24. The van der Waals surface area contributed by atoms with E-state index >= 15 is 0 Å². The quantitative estimate of drug-likeness (QED) is 0.579. The first-order valence-corrected chi connectivity index (χ1v) is 4.88. The molecule has 1 aromatic carbocycles. The van der Waals surface area contributed by atoms with Crippen molar-refractivity contribution in [1.82, 2.24) is 0 Å². The smallest absolute Gasteiger partial charge is 0.0647 e. The molecule has 0 bridgehead atoms. The Kier molecular flexibility index (Phi) is 2.92. The molecule has 1 heteroatoms. The normalized spacial score (nSPS) is 22.1. The molecule has 1 aliphatic heterocycles. The second kappa shape index (κ2) is 4.56. The number of fused-ring (bicyclic) bond motifs is 1. The van der Waals surface area contributed by atoms with Crippen LogP contribution in [0.25, 0.3) is 6.08 Å². The predicted molar refractivity (Wildman–Crippen MR) is 59.5 cm³/mol.